The number of hydrogen-bond acceptors (Lipinski definition) is 6. The molecule has 0 spiro atoms. The summed E-state index contributed by atoms with van der Waals surface area (Å²) in [7, 11) is 0. The van der Waals surface area contributed by atoms with Crippen molar-refractivity contribution >= 4 is 56.4 Å². The number of nitrogens with one attached hydrogen (secondary N) is 2. The van der Waals surface area contributed by atoms with E-state index in [1.807, 2.05) is 147 Å². The zero-order chi connectivity index (χ0) is 37.0. The Balaban J connectivity index is 1.17. The molecular formula is C46H34N6O2. The van der Waals surface area contributed by atoms with Gasteiger partial charge in [0.2, 0.25) is 0 Å². The third-order valence-electron chi connectivity index (χ3n) is 9.15. The highest BCUT2D eigenvalue weighted by molar-refractivity contribution is 6.15. The molecule has 54 heavy (non-hydrogen) atoms. The summed E-state index contributed by atoms with van der Waals surface area (Å²) >= 11 is 0. The van der Waals surface area contributed by atoms with Gasteiger partial charge in [-0.05, 0) is 68.4 Å². The Bertz CT molecular complexity index is 2710. The van der Waals surface area contributed by atoms with E-state index in [4.69, 9.17) is 9.97 Å². The van der Waals surface area contributed by atoms with Crippen LogP contribution in [0, 0.1) is 13.8 Å². The molecule has 0 aliphatic rings. The number of nitrogens with zero attached hydrogens (tertiary/aromatic N) is 4. The highest BCUT2D eigenvalue weighted by Crippen LogP contribution is 2.33. The van der Waals surface area contributed by atoms with Crippen LogP contribution in [-0.4, -0.2) is 21.8 Å². The molecule has 0 bridgehead atoms. The quantitative estimate of drug-likeness (QED) is 0.154. The van der Waals surface area contributed by atoms with Gasteiger partial charge < -0.3 is 10.6 Å². The van der Waals surface area contributed by atoms with Gasteiger partial charge in [0.15, 0.2) is 0 Å². The van der Waals surface area contributed by atoms with E-state index >= 15 is 0 Å². The van der Waals surface area contributed by atoms with Gasteiger partial charge in [0.1, 0.15) is 5.69 Å². The Morgan fingerprint density at radius 2 is 1.00 bits per heavy atom. The fraction of sp³-hybridized carbons (Fsp3) is 0.0435. The van der Waals surface area contributed by atoms with Crippen molar-refractivity contribution in [3.63, 3.8) is 0 Å². The number of azo groups is 1. The molecule has 2 heterocycles. The minimum absolute atomic E-state index is 0.319. The number of para-hydroxylation sites is 2. The lowest BCUT2D eigenvalue weighted by atomic mass is 10.0. The van der Waals surface area contributed by atoms with E-state index in [2.05, 4.69) is 20.9 Å². The SMILES string of the molecule is Cc1ccc(-c2cc(C(=O)Nc3ccc(N=Nc4ccccc4)c(NC(=O)c4cc(-c5ccc(C)cc5)nc5ccccc45)c3)c3ccccc3n2)cc1. The molecule has 8 heteroatoms. The molecule has 8 aromatic rings. The summed E-state index contributed by atoms with van der Waals surface area (Å²) in [4.78, 5) is 38.1. The van der Waals surface area contributed by atoms with Gasteiger partial charge in [-0.3, -0.25) is 9.59 Å². The van der Waals surface area contributed by atoms with E-state index in [9.17, 15) is 9.59 Å². The molecule has 0 aliphatic heterocycles. The average molecular weight is 703 g/mol. The number of benzene rings is 6. The molecule has 8 nitrogen and oxygen atoms in total. The van der Waals surface area contributed by atoms with Gasteiger partial charge in [-0.15, -0.1) is 5.11 Å². The summed E-state index contributed by atoms with van der Waals surface area (Å²) in [5.41, 5.74) is 9.68. The molecule has 6 aromatic carbocycles. The predicted octanol–water partition coefficient (Wildman–Crippen LogP) is 11.7. The lowest BCUT2D eigenvalue weighted by Gasteiger charge is -2.14. The number of aryl methyl sites for hydroxylation is 2. The van der Waals surface area contributed by atoms with Crippen LogP contribution in [0.3, 0.4) is 0 Å². The van der Waals surface area contributed by atoms with Crippen LogP contribution in [-0.2, 0) is 0 Å². The Hall–Kier alpha value is -7.32. The zero-order valence-electron chi connectivity index (χ0n) is 29.6. The molecule has 0 unspecified atom stereocenters. The number of carbonyl (C=O) groups excluding carboxylic acids is 2. The Labute approximate surface area is 312 Å². The van der Waals surface area contributed by atoms with Crippen molar-refractivity contribution in [2.24, 2.45) is 10.2 Å². The fourth-order valence-electron chi connectivity index (χ4n) is 6.27. The van der Waals surface area contributed by atoms with E-state index in [-0.39, 0.29) is 11.8 Å². The minimum atomic E-state index is -0.357. The number of carbonyl (C=O) groups is 2. The number of pyridine rings is 2. The standard InChI is InChI=1S/C46H34N6O2/c1-29-16-20-31(21-17-29)42-27-37(35-12-6-8-14-39(35)48-42)45(53)47-34-24-25-41(52-51-33-10-4-3-5-11-33)44(26-34)50-46(54)38-28-43(32-22-18-30(2)19-23-32)49-40-15-9-7-13-36(38)40/h3-28H,1-2H3,(H,47,53)(H,50,54). The van der Waals surface area contributed by atoms with Crippen molar-refractivity contribution in [1.82, 2.24) is 9.97 Å². The van der Waals surface area contributed by atoms with Crippen molar-refractivity contribution in [2.75, 3.05) is 10.6 Å². The normalized spacial score (nSPS) is 11.2. The number of aromatic nitrogens is 2. The van der Waals surface area contributed by atoms with E-state index in [0.29, 0.717) is 61.7 Å². The molecule has 260 valence electrons. The summed E-state index contributed by atoms with van der Waals surface area (Å²) in [6.45, 7) is 4.06. The molecule has 2 aromatic heterocycles. The maximum atomic E-state index is 14.3. The van der Waals surface area contributed by atoms with Crippen LogP contribution in [0.1, 0.15) is 31.8 Å². The predicted molar refractivity (Wildman–Crippen MR) is 217 cm³/mol. The molecule has 0 saturated carbocycles. The topological polar surface area (TPSA) is 109 Å². The summed E-state index contributed by atoms with van der Waals surface area (Å²) in [6.07, 6.45) is 0. The third-order valence-corrected chi connectivity index (χ3v) is 9.15. The average Bonchev–Trinajstić information content (AvgIpc) is 3.20. The maximum Gasteiger partial charge on any atom is 0.256 e. The van der Waals surface area contributed by atoms with Crippen LogP contribution in [0.2, 0.25) is 0 Å². The van der Waals surface area contributed by atoms with Crippen molar-refractivity contribution in [3.8, 4) is 22.5 Å². The largest absolute Gasteiger partial charge is 0.322 e. The van der Waals surface area contributed by atoms with Crippen LogP contribution in [0.5, 0.6) is 0 Å². The van der Waals surface area contributed by atoms with Crippen LogP contribution in [0.15, 0.2) is 168 Å². The summed E-state index contributed by atoms with van der Waals surface area (Å²) in [6, 6.07) is 49.4. The summed E-state index contributed by atoms with van der Waals surface area (Å²) in [5.74, 6) is -0.676. The zero-order valence-corrected chi connectivity index (χ0v) is 29.6. The van der Waals surface area contributed by atoms with Gasteiger partial charge in [-0.2, -0.15) is 5.11 Å². The molecule has 2 N–H and O–H groups in total. The summed E-state index contributed by atoms with van der Waals surface area (Å²) in [5, 5.41) is 16.5. The van der Waals surface area contributed by atoms with Crippen molar-refractivity contribution in [2.45, 2.75) is 13.8 Å². The van der Waals surface area contributed by atoms with Gasteiger partial charge in [0, 0.05) is 27.6 Å². The second-order valence-corrected chi connectivity index (χ2v) is 13.1. The lowest BCUT2D eigenvalue weighted by Crippen LogP contribution is -2.15. The molecule has 0 fully saturated rings. The van der Waals surface area contributed by atoms with Gasteiger partial charge in [0.25, 0.3) is 11.8 Å². The fourth-order valence-corrected chi connectivity index (χ4v) is 6.27. The van der Waals surface area contributed by atoms with Gasteiger partial charge in [0.05, 0.1) is 44.9 Å². The minimum Gasteiger partial charge on any atom is -0.322 e. The first-order chi connectivity index (χ1) is 26.4. The monoisotopic (exact) mass is 702 g/mol. The van der Waals surface area contributed by atoms with Crippen LogP contribution >= 0.6 is 0 Å². The van der Waals surface area contributed by atoms with E-state index in [1.165, 1.54) is 0 Å². The van der Waals surface area contributed by atoms with E-state index in [1.54, 1.807) is 24.3 Å². The summed E-state index contributed by atoms with van der Waals surface area (Å²) < 4.78 is 0. The number of anilines is 2. The van der Waals surface area contributed by atoms with E-state index in [0.717, 1.165) is 27.6 Å². The molecule has 0 aliphatic carbocycles. The third kappa shape index (κ3) is 7.22. The highest BCUT2D eigenvalue weighted by Gasteiger charge is 2.18. The first kappa shape index (κ1) is 33.8. The molecular weight excluding hydrogens is 669 g/mol. The second kappa shape index (κ2) is 14.7. The van der Waals surface area contributed by atoms with Crippen molar-refractivity contribution in [3.05, 3.63) is 180 Å². The smallest absolute Gasteiger partial charge is 0.256 e. The lowest BCUT2D eigenvalue weighted by molar-refractivity contribution is 0.102. The van der Waals surface area contributed by atoms with E-state index < -0.39 is 0 Å². The number of hydrogen-bond donors (Lipinski definition) is 2. The van der Waals surface area contributed by atoms with Crippen molar-refractivity contribution < 1.29 is 9.59 Å². The molecule has 0 radical (unpaired) electrons. The molecule has 2 amide bonds. The first-order valence-electron chi connectivity index (χ1n) is 17.6. The van der Waals surface area contributed by atoms with Gasteiger partial charge >= 0.3 is 0 Å². The highest BCUT2D eigenvalue weighted by atomic mass is 16.2. The first-order valence-corrected chi connectivity index (χ1v) is 17.6. The number of rotatable bonds is 8. The van der Waals surface area contributed by atoms with Crippen LogP contribution in [0.4, 0.5) is 22.7 Å². The molecule has 0 atom stereocenters. The van der Waals surface area contributed by atoms with Crippen LogP contribution < -0.4 is 10.6 Å². The van der Waals surface area contributed by atoms with Gasteiger partial charge in [-0.25, -0.2) is 9.97 Å². The Morgan fingerprint density at radius 1 is 0.500 bits per heavy atom. The second-order valence-electron chi connectivity index (χ2n) is 13.1. The number of fused-ring (bicyclic) bond motifs is 2. The van der Waals surface area contributed by atoms with Crippen LogP contribution in [0.25, 0.3) is 44.3 Å². The van der Waals surface area contributed by atoms with Crippen molar-refractivity contribution in [1.29, 1.82) is 0 Å². The Morgan fingerprint density at radius 3 is 1.56 bits per heavy atom. The van der Waals surface area contributed by atoms with Gasteiger partial charge in [-0.1, -0.05) is 114 Å². The molecule has 0 saturated heterocycles. The molecule has 8 rings (SSSR count). The maximum absolute atomic E-state index is 14.3. The Kier molecular flexibility index (Phi) is 9.22. The number of amides is 2.